The predicted octanol–water partition coefficient (Wildman–Crippen LogP) is 4.58. The second-order valence-electron chi connectivity index (χ2n) is 6.06. The summed E-state index contributed by atoms with van der Waals surface area (Å²) in [6.45, 7) is 1.23. The summed E-state index contributed by atoms with van der Waals surface area (Å²) in [4.78, 5) is 2.68. The molecule has 0 saturated carbocycles. The van der Waals surface area contributed by atoms with Gasteiger partial charge < -0.3 is 4.90 Å². The number of anilines is 1. The standard InChI is InChI=1S/C19H21N/c1-3-9-15(10-4-1)19-16-11-6-7-12-17(16)20-14-8-2-5-13-18(19)20/h1,3-4,6-7,9-12,18-19H,2,5,8,13-14H2/t18-,19-/m1/s1. The molecule has 20 heavy (non-hydrogen) atoms. The highest BCUT2D eigenvalue weighted by molar-refractivity contribution is 5.64. The molecule has 0 N–H and O–H groups in total. The molecule has 2 aliphatic heterocycles. The number of para-hydroxylation sites is 1. The molecular formula is C19H21N. The fourth-order valence-corrected chi connectivity index (χ4v) is 4.06. The van der Waals surface area contributed by atoms with Crippen molar-refractivity contribution < 1.29 is 0 Å². The first-order valence-electron chi connectivity index (χ1n) is 7.85. The lowest BCUT2D eigenvalue weighted by Crippen LogP contribution is -2.33. The highest BCUT2D eigenvalue weighted by Gasteiger charge is 2.39. The van der Waals surface area contributed by atoms with E-state index in [9.17, 15) is 0 Å². The Hall–Kier alpha value is -1.76. The van der Waals surface area contributed by atoms with E-state index in [1.165, 1.54) is 49.0 Å². The van der Waals surface area contributed by atoms with Gasteiger partial charge in [-0.2, -0.15) is 0 Å². The molecular weight excluding hydrogens is 242 g/mol. The first-order chi connectivity index (χ1) is 9.95. The van der Waals surface area contributed by atoms with Gasteiger partial charge >= 0.3 is 0 Å². The van der Waals surface area contributed by atoms with Gasteiger partial charge in [0.25, 0.3) is 0 Å². The van der Waals surface area contributed by atoms with Crippen LogP contribution in [0, 0.1) is 0 Å². The number of fused-ring (bicyclic) bond motifs is 3. The molecule has 102 valence electrons. The van der Waals surface area contributed by atoms with E-state index in [0.29, 0.717) is 12.0 Å². The summed E-state index contributed by atoms with van der Waals surface area (Å²) in [6.07, 6.45) is 5.43. The zero-order chi connectivity index (χ0) is 13.4. The van der Waals surface area contributed by atoms with E-state index < -0.39 is 0 Å². The zero-order valence-corrected chi connectivity index (χ0v) is 11.8. The Morgan fingerprint density at radius 3 is 2.50 bits per heavy atom. The Bertz CT molecular complexity index is 590. The molecule has 2 aromatic carbocycles. The largest absolute Gasteiger partial charge is 0.367 e. The second-order valence-corrected chi connectivity index (χ2v) is 6.06. The third kappa shape index (κ3) is 1.84. The quantitative estimate of drug-likeness (QED) is 0.728. The van der Waals surface area contributed by atoms with E-state index in [4.69, 9.17) is 0 Å². The lowest BCUT2D eigenvalue weighted by atomic mass is 9.86. The molecule has 0 spiro atoms. The van der Waals surface area contributed by atoms with Gasteiger partial charge in [-0.25, -0.2) is 0 Å². The monoisotopic (exact) mass is 263 g/mol. The molecule has 0 aliphatic carbocycles. The van der Waals surface area contributed by atoms with Crippen LogP contribution in [0.2, 0.25) is 0 Å². The van der Waals surface area contributed by atoms with Gasteiger partial charge in [-0.3, -0.25) is 0 Å². The van der Waals surface area contributed by atoms with Gasteiger partial charge in [-0.1, -0.05) is 61.4 Å². The number of nitrogens with zero attached hydrogens (tertiary/aromatic N) is 1. The van der Waals surface area contributed by atoms with Crippen molar-refractivity contribution in [2.75, 3.05) is 11.4 Å². The van der Waals surface area contributed by atoms with E-state index in [-0.39, 0.29) is 0 Å². The molecule has 1 heteroatoms. The fourth-order valence-electron chi connectivity index (χ4n) is 4.06. The minimum atomic E-state index is 0.561. The van der Waals surface area contributed by atoms with Gasteiger partial charge in [0.1, 0.15) is 0 Å². The molecule has 2 aromatic rings. The van der Waals surface area contributed by atoms with Crippen LogP contribution in [-0.2, 0) is 0 Å². The van der Waals surface area contributed by atoms with Crippen molar-refractivity contribution in [2.24, 2.45) is 0 Å². The highest BCUT2D eigenvalue weighted by atomic mass is 15.2. The summed E-state index contributed by atoms with van der Waals surface area (Å²) in [7, 11) is 0. The van der Waals surface area contributed by atoms with Gasteiger partial charge in [0.05, 0.1) is 0 Å². The van der Waals surface area contributed by atoms with Crippen LogP contribution in [-0.4, -0.2) is 12.6 Å². The highest BCUT2D eigenvalue weighted by Crippen LogP contribution is 2.47. The van der Waals surface area contributed by atoms with Crippen molar-refractivity contribution in [3.05, 3.63) is 65.7 Å². The van der Waals surface area contributed by atoms with E-state index in [0.717, 1.165) is 0 Å². The Balaban J connectivity index is 1.84. The molecule has 1 nitrogen and oxygen atoms in total. The summed E-state index contributed by atoms with van der Waals surface area (Å²) < 4.78 is 0. The first kappa shape index (κ1) is 12.0. The maximum absolute atomic E-state index is 2.68. The van der Waals surface area contributed by atoms with Crippen LogP contribution in [0.25, 0.3) is 0 Å². The van der Waals surface area contributed by atoms with E-state index in [2.05, 4.69) is 59.5 Å². The van der Waals surface area contributed by atoms with Crippen molar-refractivity contribution in [2.45, 2.75) is 37.6 Å². The average molecular weight is 263 g/mol. The SMILES string of the molecule is c1ccc([C@@H]2c3ccccc3N3CCCCC[C@H]23)cc1. The molecule has 0 amide bonds. The maximum Gasteiger partial charge on any atom is 0.0408 e. The zero-order valence-electron chi connectivity index (χ0n) is 11.8. The van der Waals surface area contributed by atoms with Gasteiger partial charge in [-0.15, -0.1) is 0 Å². The molecule has 2 heterocycles. The molecule has 1 fully saturated rings. The van der Waals surface area contributed by atoms with Crippen LogP contribution in [0.4, 0.5) is 5.69 Å². The minimum absolute atomic E-state index is 0.561. The Morgan fingerprint density at radius 2 is 1.60 bits per heavy atom. The minimum Gasteiger partial charge on any atom is -0.367 e. The first-order valence-corrected chi connectivity index (χ1v) is 7.85. The van der Waals surface area contributed by atoms with E-state index in [1.54, 1.807) is 0 Å². The normalized spacial score (nSPS) is 24.9. The fraction of sp³-hybridized carbons (Fsp3) is 0.368. The van der Waals surface area contributed by atoms with Crippen molar-refractivity contribution in [3.63, 3.8) is 0 Å². The molecule has 0 unspecified atom stereocenters. The molecule has 1 saturated heterocycles. The van der Waals surface area contributed by atoms with E-state index >= 15 is 0 Å². The van der Waals surface area contributed by atoms with Gasteiger partial charge in [-0.05, 0) is 30.0 Å². The number of rotatable bonds is 1. The number of benzene rings is 2. The molecule has 0 bridgehead atoms. The lowest BCUT2D eigenvalue weighted by molar-refractivity contribution is 0.550. The Kier molecular flexibility index (Phi) is 2.99. The van der Waals surface area contributed by atoms with Crippen molar-refractivity contribution in [1.82, 2.24) is 0 Å². The van der Waals surface area contributed by atoms with Crippen molar-refractivity contribution in [3.8, 4) is 0 Å². The van der Waals surface area contributed by atoms with Crippen LogP contribution < -0.4 is 4.90 Å². The Labute approximate surface area is 121 Å². The summed E-state index contributed by atoms with van der Waals surface area (Å²) in [6, 6.07) is 20.8. The van der Waals surface area contributed by atoms with Gasteiger partial charge in [0.2, 0.25) is 0 Å². The summed E-state index contributed by atoms with van der Waals surface area (Å²) in [5.41, 5.74) is 4.49. The molecule has 0 radical (unpaired) electrons. The third-order valence-electron chi connectivity index (χ3n) is 4.92. The number of hydrogen-bond acceptors (Lipinski definition) is 1. The molecule has 4 rings (SSSR count). The molecule has 2 aliphatic rings. The number of hydrogen-bond donors (Lipinski definition) is 0. The average Bonchev–Trinajstić information content (AvgIpc) is 2.65. The van der Waals surface area contributed by atoms with Crippen molar-refractivity contribution in [1.29, 1.82) is 0 Å². The van der Waals surface area contributed by atoms with Crippen LogP contribution in [0.5, 0.6) is 0 Å². The van der Waals surface area contributed by atoms with E-state index in [1.807, 2.05) is 0 Å². The lowest BCUT2D eigenvalue weighted by Gasteiger charge is -2.28. The third-order valence-corrected chi connectivity index (χ3v) is 4.92. The summed E-state index contributed by atoms with van der Waals surface area (Å²) in [5, 5.41) is 0. The molecule has 0 aromatic heterocycles. The topological polar surface area (TPSA) is 3.24 Å². The predicted molar refractivity (Wildman–Crippen MR) is 84.3 cm³/mol. The second kappa shape index (κ2) is 4.97. The summed E-state index contributed by atoms with van der Waals surface area (Å²) in [5.74, 6) is 0.561. The smallest absolute Gasteiger partial charge is 0.0408 e. The summed E-state index contributed by atoms with van der Waals surface area (Å²) >= 11 is 0. The van der Waals surface area contributed by atoms with Crippen LogP contribution in [0.3, 0.4) is 0 Å². The molecule has 2 atom stereocenters. The van der Waals surface area contributed by atoms with Crippen LogP contribution >= 0.6 is 0 Å². The van der Waals surface area contributed by atoms with Crippen LogP contribution in [0.1, 0.15) is 42.7 Å². The van der Waals surface area contributed by atoms with Gasteiger partial charge in [0.15, 0.2) is 0 Å². The van der Waals surface area contributed by atoms with Gasteiger partial charge in [0, 0.05) is 24.2 Å². The van der Waals surface area contributed by atoms with Crippen LogP contribution in [0.15, 0.2) is 54.6 Å². The van der Waals surface area contributed by atoms with Crippen molar-refractivity contribution >= 4 is 5.69 Å². The Morgan fingerprint density at radius 1 is 0.800 bits per heavy atom. The maximum atomic E-state index is 2.68.